The fraction of sp³-hybridized carbons (Fsp3) is 0.436. The highest BCUT2D eigenvalue weighted by molar-refractivity contribution is 6.05. The zero-order chi connectivity index (χ0) is 36.9. The second-order valence-corrected chi connectivity index (χ2v) is 14.7. The summed E-state index contributed by atoms with van der Waals surface area (Å²) in [5, 5.41) is 12.6. The number of esters is 2. The number of carbonyl (C=O) groups excluding carboxylic acids is 3. The van der Waals surface area contributed by atoms with Crippen molar-refractivity contribution < 1.29 is 28.6 Å². The molecule has 0 radical (unpaired) electrons. The van der Waals surface area contributed by atoms with Gasteiger partial charge in [-0.2, -0.15) is 5.10 Å². The van der Waals surface area contributed by atoms with E-state index in [0.29, 0.717) is 36.8 Å². The molecule has 4 heterocycles. The Balaban J connectivity index is 1.18. The van der Waals surface area contributed by atoms with E-state index in [9.17, 15) is 14.4 Å². The number of nitrogens with zero attached hydrogens (tertiary/aromatic N) is 4. The van der Waals surface area contributed by atoms with Gasteiger partial charge in [-0.1, -0.05) is 63.6 Å². The van der Waals surface area contributed by atoms with Gasteiger partial charge < -0.3 is 19.5 Å². The lowest BCUT2D eigenvalue weighted by atomic mass is 9.65. The number of ether oxygens (including phenoxy) is 3. The Morgan fingerprint density at radius 2 is 1.88 bits per heavy atom. The number of amides is 1. The maximum absolute atomic E-state index is 13.9. The number of aryl methyl sites for hydroxylation is 2. The van der Waals surface area contributed by atoms with Gasteiger partial charge in [0.05, 0.1) is 6.57 Å². The number of H-pyrrole nitrogens is 2. The van der Waals surface area contributed by atoms with Crippen LogP contribution in [0.1, 0.15) is 91.2 Å². The number of fused-ring (bicyclic) bond motifs is 1. The largest absolute Gasteiger partial charge is 0.474 e. The van der Waals surface area contributed by atoms with Gasteiger partial charge in [0.15, 0.2) is 5.65 Å². The van der Waals surface area contributed by atoms with Gasteiger partial charge in [0, 0.05) is 12.6 Å². The Labute approximate surface area is 301 Å². The lowest BCUT2D eigenvalue weighted by molar-refractivity contribution is -0.165. The van der Waals surface area contributed by atoms with E-state index in [0.717, 1.165) is 29.5 Å². The molecule has 4 unspecified atom stereocenters. The maximum Gasteiger partial charge on any atom is 0.361 e. The number of aromatic nitrogens is 5. The molecule has 1 saturated carbocycles. The van der Waals surface area contributed by atoms with E-state index >= 15 is 0 Å². The van der Waals surface area contributed by atoms with Crippen molar-refractivity contribution in [1.82, 2.24) is 30.1 Å². The molecule has 2 fully saturated rings. The first-order chi connectivity index (χ1) is 24.9. The molecule has 2 aliphatic carbocycles. The van der Waals surface area contributed by atoms with Crippen molar-refractivity contribution >= 4 is 29.2 Å². The Morgan fingerprint density at radius 3 is 2.50 bits per heavy atom. The van der Waals surface area contributed by atoms with Crippen LogP contribution < -0.4 is 14.8 Å². The molecule has 0 bridgehead atoms. The summed E-state index contributed by atoms with van der Waals surface area (Å²) in [5.41, 5.74) is 1.15. The van der Waals surface area contributed by atoms with E-state index in [1.54, 1.807) is 0 Å². The Kier molecular flexibility index (Phi) is 8.80. The molecular weight excluding hydrogens is 662 g/mol. The summed E-state index contributed by atoms with van der Waals surface area (Å²) in [7, 11) is 0. The van der Waals surface area contributed by atoms with Crippen LogP contribution >= 0.6 is 0 Å². The first-order valence-corrected chi connectivity index (χ1v) is 17.8. The van der Waals surface area contributed by atoms with Crippen LogP contribution in [0.5, 0.6) is 11.6 Å². The third-order valence-electron chi connectivity index (χ3n) is 10.9. The molecule has 3 aromatic heterocycles. The minimum absolute atomic E-state index is 0.0662. The number of hydrogen-bond donors (Lipinski definition) is 3. The summed E-state index contributed by atoms with van der Waals surface area (Å²) >= 11 is 0. The van der Waals surface area contributed by atoms with E-state index in [2.05, 4.69) is 46.2 Å². The molecule has 1 spiro atoms. The normalized spacial score (nSPS) is 26.7. The molecule has 3 N–H and O–H groups in total. The summed E-state index contributed by atoms with van der Waals surface area (Å²) in [6.45, 7) is 20.3. The summed E-state index contributed by atoms with van der Waals surface area (Å²) in [6, 6.07) is 7.37. The average Bonchev–Trinajstić information content (AvgIpc) is 3.84. The van der Waals surface area contributed by atoms with Gasteiger partial charge in [0.2, 0.25) is 11.5 Å². The van der Waals surface area contributed by atoms with Crippen molar-refractivity contribution in [1.29, 1.82) is 0 Å². The molecule has 13 nitrogen and oxygen atoms in total. The van der Waals surface area contributed by atoms with Crippen LogP contribution in [0.3, 0.4) is 0 Å². The van der Waals surface area contributed by atoms with E-state index in [1.165, 1.54) is 16.8 Å². The number of benzene rings is 1. The van der Waals surface area contributed by atoms with Crippen molar-refractivity contribution in [3.63, 3.8) is 0 Å². The summed E-state index contributed by atoms with van der Waals surface area (Å²) in [6.07, 6.45) is 10.2. The molecule has 3 aliphatic rings. The van der Waals surface area contributed by atoms with Crippen molar-refractivity contribution in [2.45, 2.75) is 90.9 Å². The van der Waals surface area contributed by atoms with Crippen LogP contribution in [-0.2, 0) is 16.0 Å². The molecule has 13 heteroatoms. The average molecular weight is 706 g/mol. The second kappa shape index (κ2) is 13.2. The molecule has 4 atom stereocenters. The highest BCUT2D eigenvalue weighted by Crippen LogP contribution is 2.46. The number of hydrogen-bond acceptors (Lipinski definition) is 8. The second-order valence-electron chi connectivity index (χ2n) is 14.7. The quantitative estimate of drug-likeness (QED) is 0.101. The Morgan fingerprint density at radius 1 is 1.12 bits per heavy atom. The summed E-state index contributed by atoms with van der Waals surface area (Å²) < 4.78 is 19.7. The predicted molar refractivity (Wildman–Crippen MR) is 191 cm³/mol. The molecule has 4 aromatic rings. The Bertz CT molecular complexity index is 2160. The van der Waals surface area contributed by atoms with Gasteiger partial charge in [-0.3, -0.25) is 15.0 Å². The molecule has 1 aliphatic heterocycles. The SMILES string of the molecule is [C-]#[N+]c1c(C(=O)OC2C(C)CC(C)CC2C)c2nc(CC3=CCC4(C=C3)NC(=O)C4(CC)Oc3ccc(C)cc3C)[nH]n2c1OC(=O)c1ccn[nH]1. The van der Waals surface area contributed by atoms with E-state index < -0.39 is 23.1 Å². The zero-order valence-electron chi connectivity index (χ0n) is 30.2. The fourth-order valence-corrected chi connectivity index (χ4v) is 8.33. The highest BCUT2D eigenvalue weighted by Gasteiger charge is 2.66. The maximum atomic E-state index is 13.9. The number of rotatable bonds is 9. The molecule has 270 valence electrons. The number of aromatic amines is 2. The van der Waals surface area contributed by atoms with E-state index in [1.807, 2.05) is 57.2 Å². The first-order valence-electron chi connectivity index (χ1n) is 17.8. The molecule has 52 heavy (non-hydrogen) atoms. The van der Waals surface area contributed by atoms with Gasteiger partial charge in [0.1, 0.15) is 34.5 Å². The van der Waals surface area contributed by atoms with Gasteiger partial charge in [-0.05, 0) is 80.6 Å². The summed E-state index contributed by atoms with van der Waals surface area (Å²) in [4.78, 5) is 48.5. The fourth-order valence-electron chi connectivity index (χ4n) is 8.33. The van der Waals surface area contributed by atoms with E-state index in [-0.39, 0.29) is 52.3 Å². The van der Waals surface area contributed by atoms with Gasteiger partial charge in [-0.15, -0.1) is 0 Å². The van der Waals surface area contributed by atoms with Crippen LogP contribution in [0.2, 0.25) is 0 Å². The molecule has 7 rings (SSSR count). The van der Waals surface area contributed by atoms with Crippen molar-refractivity contribution in [3.05, 3.63) is 93.9 Å². The minimum atomic E-state index is -1.07. The molecular formula is C39H43N7O6. The Hall–Kier alpha value is -5.64. The van der Waals surface area contributed by atoms with Crippen molar-refractivity contribution in [2.75, 3.05) is 0 Å². The molecule has 1 amide bonds. The standard InChI is InChI=1S/C39H43N7O6/c1-8-39(52-28-10-9-21(2)17-23(28)4)37(49)43-38(39)14-11-26(12-15-38)20-29-42-33-30(36(48)50-32-24(5)18-22(3)19-25(32)6)31(40-7)34(46(33)45-29)51-35(47)27-13-16-41-44-27/h9-14,16-17,22,24-25,32H,8,15,18-20H2,1-6H3,(H,41,44)(H,42,45)(H,43,49). The number of allylic oxidation sites excluding steroid dienone is 2. The van der Waals surface area contributed by atoms with E-state index in [4.69, 9.17) is 25.8 Å². The summed E-state index contributed by atoms with van der Waals surface area (Å²) in [5.74, 6) is 0.125. The van der Waals surface area contributed by atoms with Crippen LogP contribution in [0, 0.1) is 38.2 Å². The third kappa shape index (κ3) is 5.76. The van der Waals surface area contributed by atoms with Crippen LogP contribution in [0.15, 0.2) is 54.3 Å². The molecule has 1 aromatic carbocycles. The number of β-lactam (4-membered cyclic amide) rings is 1. The van der Waals surface area contributed by atoms with Crippen molar-refractivity contribution in [2.24, 2.45) is 17.8 Å². The monoisotopic (exact) mass is 705 g/mol. The lowest BCUT2D eigenvalue weighted by Crippen LogP contribution is -2.82. The lowest BCUT2D eigenvalue weighted by Gasteiger charge is -2.56. The number of carbonyl (C=O) groups is 3. The highest BCUT2D eigenvalue weighted by atomic mass is 16.6. The first kappa shape index (κ1) is 34.8. The van der Waals surface area contributed by atoms with Gasteiger partial charge in [-0.25, -0.2) is 23.9 Å². The predicted octanol–water partition coefficient (Wildman–Crippen LogP) is 6.53. The van der Waals surface area contributed by atoms with Crippen LogP contribution in [0.25, 0.3) is 10.5 Å². The number of nitrogens with one attached hydrogen (secondary N) is 3. The van der Waals surface area contributed by atoms with Crippen LogP contribution in [-0.4, -0.2) is 59.9 Å². The topological polar surface area (TPSA) is 157 Å². The smallest absolute Gasteiger partial charge is 0.361 e. The zero-order valence-corrected chi connectivity index (χ0v) is 30.2. The van der Waals surface area contributed by atoms with Gasteiger partial charge >= 0.3 is 11.9 Å². The third-order valence-corrected chi connectivity index (χ3v) is 10.9. The van der Waals surface area contributed by atoms with Gasteiger partial charge in [0.25, 0.3) is 11.6 Å². The minimum Gasteiger partial charge on any atom is -0.474 e. The van der Waals surface area contributed by atoms with Crippen LogP contribution in [0.4, 0.5) is 5.69 Å². The van der Waals surface area contributed by atoms with Crippen molar-refractivity contribution in [3.8, 4) is 11.6 Å². The molecule has 1 saturated heterocycles.